The van der Waals surface area contributed by atoms with Crippen molar-refractivity contribution in [3.8, 4) is 44.5 Å². The molecule has 0 N–H and O–H groups in total. The van der Waals surface area contributed by atoms with Gasteiger partial charge in [0.2, 0.25) is 0 Å². The molecule has 1 heteroatoms. The molecule has 0 radical (unpaired) electrons. The lowest BCUT2D eigenvalue weighted by Crippen LogP contribution is -2.26. The largest absolute Gasteiger partial charge is 0.456 e. The highest BCUT2D eigenvalue weighted by molar-refractivity contribution is 6.29. The minimum atomic E-state index is -0.569. The van der Waals surface area contributed by atoms with Gasteiger partial charge in [-0.25, -0.2) is 0 Å². The zero-order valence-corrected chi connectivity index (χ0v) is 39.0. The number of benzene rings is 14. The third kappa shape index (κ3) is 4.74. The lowest BCUT2D eigenvalue weighted by atomic mass is 9.67. The van der Waals surface area contributed by atoms with E-state index in [0.29, 0.717) is 0 Å². The lowest BCUT2D eigenvalue weighted by Gasteiger charge is -2.33. The zero-order chi connectivity index (χ0) is 46.8. The molecule has 1 heterocycles. The van der Waals surface area contributed by atoms with Gasteiger partial charge in [-0.05, 0) is 166 Å². The first-order valence-corrected chi connectivity index (χ1v) is 25.2. The summed E-state index contributed by atoms with van der Waals surface area (Å²) in [7, 11) is 0. The van der Waals surface area contributed by atoms with Crippen LogP contribution in [0.5, 0.6) is 0 Å². The summed E-state index contributed by atoms with van der Waals surface area (Å²) in [6, 6.07) is 91.3. The maximum absolute atomic E-state index is 6.52. The van der Waals surface area contributed by atoms with Gasteiger partial charge in [-0.15, -0.1) is 0 Å². The quantitative estimate of drug-likeness (QED) is 0.124. The van der Waals surface area contributed by atoms with Crippen LogP contribution in [0.15, 0.2) is 247 Å². The Hall–Kier alpha value is -9.30. The van der Waals surface area contributed by atoms with E-state index in [1.54, 1.807) is 0 Å². The van der Waals surface area contributed by atoms with E-state index in [0.717, 1.165) is 16.6 Å². The van der Waals surface area contributed by atoms with Gasteiger partial charge in [0.05, 0.1) is 5.41 Å². The average Bonchev–Trinajstić information content (AvgIpc) is 4.10. The molecular formula is C71H40O. The minimum absolute atomic E-state index is 0.569. The Morgan fingerprint density at radius 1 is 0.250 bits per heavy atom. The lowest BCUT2D eigenvalue weighted by molar-refractivity contribution is 0.669. The summed E-state index contributed by atoms with van der Waals surface area (Å²) >= 11 is 0. The molecule has 0 fully saturated rings. The fraction of sp³-hybridized carbons (Fsp3) is 0.0141. The van der Waals surface area contributed by atoms with Crippen LogP contribution in [0.3, 0.4) is 0 Å². The Morgan fingerprint density at radius 3 is 1.21 bits per heavy atom. The molecule has 17 rings (SSSR count). The molecule has 15 aromatic rings. The molecule has 1 spiro atoms. The van der Waals surface area contributed by atoms with Gasteiger partial charge in [-0.3, -0.25) is 0 Å². The second kappa shape index (κ2) is 13.9. The van der Waals surface area contributed by atoms with Crippen molar-refractivity contribution in [3.05, 3.63) is 265 Å². The first kappa shape index (κ1) is 38.5. The van der Waals surface area contributed by atoms with Gasteiger partial charge in [0, 0.05) is 10.8 Å². The molecule has 2 aliphatic rings. The van der Waals surface area contributed by atoms with Crippen LogP contribution in [0.4, 0.5) is 0 Å². The van der Waals surface area contributed by atoms with Crippen LogP contribution in [0.1, 0.15) is 22.3 Å². The molecule has 330 valence electrons. The van der Waals surface area contributed by atoms with E-state index in [1.165, 1.54) is 148 Å². The van der Waals surface area contributed by atoms with Crippen LogP contribution < -0.4 is 0 Å². The molecule has 1 nitrogen and oxygen atoms in total. The molecule has 0 amide bonds. The van der Waals surface area contributed by atoms with Crippen molar-refractivity contribution in [1.82, 2.24) is 0 Å². The SMILES string of the molecule is c1ccc2c(c1)-c1ccccc1C21c2c(c3ccccc3c3ccccc23)-c2c1c1ccc(-c3c4ccccc4c(-c4ccc5oc6ccc7ccccc7c6c5c4)c4ccccc34)cc1c1ccccc21. The van der Waals surface area contributed by atoms with E-state index < -0.39 is 5.41 Å². The van der Waals surface area contributed by atoms with Gasteiger partial charge >= 0.3 is 0 Å². The summed E-state index contributed by atoms with van der Waals surface area (Å²) < 4.78 is 6.52. The third-order valence-corrected chi connectivity index (χ3v) is 16.8. The Balaban J connectivity index is 0.988. The highest BCUT2D eigenvalue weighted by Crippen LogP contribution is 2.68. The molecule has 1 aromatic heterocycles. The molecule has 0 bridgehead atoms. The van der Waals surface area contributed by atoms with Crippen molar-refractivity contribution in [2.45, 2.75) is 5.41 Å². The normalized spacial score (nSPS) is 13.4. The van der Waals surface area contributed by atoms with Crippen molar-refractivity contribution in [1.29, 1.82) is 0 Å². The van der Waals surface area contributed by atoms with Gasteiger partial charge in [-0.1, -0.05) is 218 Å². The van der Waals surface area contributed by atoms with Gasteiger partial charge in [0.15, 0.2) is 0 Å². The maximum atomic E-state index is 6.52. The Bertz CT molecular complexity index is 4830. The van der Waals surface area contributed by atoms with E-state index in [9.17, 15) is 0 Å². The van der Waals surface area contributed by atoms with Crippen molar-refractivity contribution < 1.29 is 4.42 Å². The molecule has 14 aromatic carbocycles. The highest BCUT2D eigenvalue weighted by Gasteiger charge is 2.54. The molecule has 0 saturated heterocycles. The predicted octanol–water partition coefficient (Wildman–Crippen LogP) is 19.3. The summed E-state index contributed by atoms with van der Waals surface area (Å²) in [6.45, 7) is 0. The molecule has 0 atom stereocenters. The number of hydrogen-bond acceptors (Lipinski definition) is 1. The summed E-state index contributed by atoms with van der Waals surface area (Å²) in [5, 5.41) is 20.0. The van der Waals surface area contributed by atoms with Crippen molar-refractivity contribution in [3.63, 3.8) is 0 Å². The zero-order valence-electron chi connectivity index (χ0n) is 39.0. The van der Waals surface area contributed by atoms with Crippen molar-refractivity contribution >= 4 is 97.3 Å². The number of fused-ring (bicyclic) bond motifs is 27. The van der Waals surface area contributed by atoms with Crippen LogP contribution in [0, 0.1) is 0 Å². The molecule has 0 saturated carbocycles. The van der Waals surface area contributed by atoms with Gasteiger partial charge in [-0.2, -0.15) is 0 Å². The standard InChI is InChI=1S/C71H40O/c1-2-18-44-41(17-1)34-38-63-66(44)59-40-43(35-37-62(59)72-63)65-54-28-10-8-26-52(54)64(53-27-9-11-29-55(53)65)42-33-36-57-58(39-42)47-21-4-7-25-51(47)68-67-50-24-6-3-19-45(50)46-20-5-12-30-56(46)69(67)71(70(57)68)60-31-15-13-22-48(60)49-23-14-16-32-61(49)71/h1-40H. The van der Waals surface area contributed by atoms with Crippen LogP contribution in [0.2, 0.25) is 0 Å². The minimum Gasteiger partial charge on any atom is -0.456 e. The monoisotopic (exact) mass is 908 g/mol. The van der Waals surface area contributed by atoms with Gasteiger partial charge in [0.25, 0.3) is 0 Å². The van der Waals surface area contributed by atoms with E-state index >= 15 is 0 Å². The first-order valence-electron chi connectivity index (χ1n) is 25.2. The molecule has 2 aliphatic carbocycles. The van der Waals surface area contributed by atoms with Crippen LogP contribution in [-0.2, 0) is 5.41 Å². The Kier molecular flexibility index (Phi) is 7.46. The second-order valence-corrected chi connectivity index (χ2v) is 20.1. The van der Waals surface area contributed by atoms with Gasteiger partial charge in [0.1, 0.15) is 11.2 Å². The van der Waals surface area contributed by atoms with Gasteiger partial charge < -0.3 is 4.42 Å². The van der Waals surface area contributed by atoms with E-state index in [2.05, 4.69) is 243 Å². The fourth-order valence-corrected chi connectivity index (χ4v) is 14.1. The molecular weight excluding hydrogens is 869 g/mol. The summed E-state index contributed by atoms with van der Waals surface area (Å²) in [5.74, 6) is 0. The summed E-state index contributed by atoms with van der Waals surface area (Å²) in [5.41, 5.74) is 17.0. The average molecular weight is 909 g/mol. The van der Waals surface area contributed by atoms with Crippen molar-refractivity contribution in [2.24, 2.45) is 0 Å². The number of furan rings is 1. The summed E-state index contributed by atoms with van der Waals surface area (Å²) in [6.07, 6.45) is 0. The summed E-state index contributed by atoms with van der Waals surface area (Å²) in [4.78, 5) is 0. The van der Waals surface area contributed by atoms with Crippen LogP contribution in [0.25, 0.3) is 142 Å². The van der Waals surface area contributed by atoms with E-state index in [4.69, 9.17) is 4.42 Å². The first-order chi connectivity index (χ1) is 35.8. The number of hydrogen-bond donors (Lipinski definition) is 0. The third-order valence-electron chi connectivity index (χ3n) is 16.8. The smallest absolute Gasteiger partial charge is 0.136 e. The Morgan fingerprint density at radius 2 is 0.639 bits per heavy atom. The van der Waals surface area contributed by atoms with Crippen LogP contribution >= 0.6 is 0 Å². The highest BCUT2D eigenvalue weighted by atomic mass is 16.3. The topological polar surface area (TPSA) is 13.1 Å². The Labute approximate surface area is 414 Å². The van der Waals surface area contributed by atoms with Crippen molar-refractivity contribution in [2.75, 3.05) is 0 Å². The van der Waals surface area contributed by atoms with Crippen LogP contribution in [-0.4, -0.2) is 0 Å². The van der Waals surface area contributed by atoms with E-state index in [-0.39, 0.29) is 0 Å². The molecule has 0 unspecified atom stereocenters. The maximum Gasteiger partial charge on any atom is 0.136 e. The fourth-order valence-electron chi connectivity index (χ4n) is 14.1. The second-order valence-electron chi connectivity index (χ2n) is 20.1. The molecule has 0 aliphatic heterocycles. The molecule has 72 heavy (non-hydrogen) atoms. The van der Waals surface area contributed by atoms with E-state index in [1.807, 2.05) is 0 Å². The number of rotatable bonds is 2. The predicted molar refractivity (Wildman–Crippen MR) is 303 cm³/mol.